The molecule has 1 aliphatic rings. The van der Waals surface area contributed by atoms with E-state index in [0.29, 0.717) is 19.6 Å². The van der Waals surface area contributed by atoms with E-state index in [2.05, 4.69) is 22.9 Å². The number of carbonyl (C=O) groups excluding carboxylic acids is 2. The minimum atomic E-state index is -0.748. The second-order valence-corrected chi connectivity index (χ2v) is 9.80. The molecule has 34 heavy (non-hydrogen) atoms. The zero-order valence-corrected chi connectivity index (χ0v) is 21.2. The first-order valence-electron chi connectivity index (χ1n) is 11.9. The topological polar surface area (TPSA) is 63.6 Å². The largest absolute Gasteiger partial charge is 0.379 e. The zero-order chi connectivity index (χ0) is 24.2. The van der Waals surface area contributed by atoms with Gasteiger partial charge >= 0.3 is 0 Å². The van der Waals surface area contributed by atoms with E-state index < -0.39 is 6.04 Å². The van der Waals surface area contributed by atoms with E-state index in [1.165, 1.54) is 11.8 Å². The maximum absolute atomic E-state index is 13.8. The van der Waals surface area contributed by atoms with E-state index in [4.69, 9.17) is 4.74 Å². The summed E-state index contributed by atoms with van der Waals surface area (Å²) in [7, 11) is 2.00. The molecule has 0 unspecified atom stereocenters. The number of nitrogens with one attached hydrogen (secondary N) is 1. The molecule has 7 heteroatoms. The van der Waals surface area contributed by atoms with Gasteiger partial charge in [-0.1, -0.05) is 49.0 Å². The summed E-state index contributed by atoms with van der Waals surface area (Å²) in [6, 6.07) is 15.3. The van der Waals surface area contributed by atoms with E-state index in [1.807, 2.05) is 63.4 Å². The molecule has 1 N–H and O–H groups in total. The average Bonchev–Trinajstić information content (AvgIpc) is 3.01. The molecule has 0 bridgehead atoms. The molecule has 0 saturated carbocycles. The smallest absolute Gasteiger partial charge is 0.247 e. The third kappa shape index (κ3) is 4.86. The van der Waals surface area contributed by atoms with Crippen molar-refractivity contribution in [2.24, 2.45) is 7.05 Å². The molecule has 1 aromatic heterocycles. The molecule has 0 spiro atoms. The minimum Gasteiger partial charge on any atom is -0.379 e. The number of hydrogen-bond donors (Lipinski definition) is 1. The summed E-state index contributed by atoms with van der Waals surface area (Å²) in [5.74, 6) is 0.0428. The molecule has 4 rings (SSSR count). The van der Waals surface area contributed by atoms with E-state index in [9.17, 15) is 9.59 Å². The van der Waals surface area contributed by atoms with Crippen LogP contribution in [0.15, 0.2) is 53.6 Å². The average molecular weight is 480 g/mol. The number of aryl methyl sites for hydroxylation is 2. The van der Waals surface area contributed by atoms with Gasteiger partial charge in [0.2, 0.25) is 11.8 Å². The highest BCUT2D eigenvalue weighted by Crippen LogP contribution is 2.43. The number of hydrogen-bond acceptors (Lipinski definition) is 4. The van der Waals surface area contributed by atoms with Gasteiger partial charge in [-0.2, -0.15) is 0 Å². The number of para-hydroxylation sites is 1. The lowest BCUT2D eigenvalue weighted by Crippen LogP contribution is -2.44. The molecule has 1 aliphatic heterocycles. The highest BCUT2D eigenvalue weighted by Gasteiger charge is 2.39. The second kappa shape index (κ2) is 10.7. The maximum Gasteiger partial charge on any atom is 0.247 e. The summed E-state index contributed by atoms with van der Waals surface area (Å²) in [5, 5.41) is 5.05. The number of thioether (sulfide) groups is 1. The molecular weight excluding hydrogens is 446 g/mol. The molecule has 0 saturated heterocycles. The maximum atomic E-state index is 13.8. The minimum absolute atomic E-state index is 0.0678. The number of rotatable bonds is 8. The first kappa shape index (κ1) is 24.4. The Balaban J connectivity index is 1.77. The number of benzene rings is 2. The third-order valence-corrected chi connectivity index (χ3v) is 7.30. The van der Waals surface area contributed by atoms with Gasteiger partial charge in [-0.25, -0.2) is 0 Å². The van der Waals surface area contributed by atoms with Crippen molar-refractivity contribution in [2.45, 2.75) is 50.8 Å². The Morgan fingerprint density at radius 2 is 2.00 bits per heavy atom. The number of ether oxygens (including phenoxy) is 1. The predicted octanol–water partition coefficient (Wildman–Crippen LogP) is 4.85. The number of nitrogens with zero attached hydrogens (tertiary/aromatic N) is 2. The van der Waals surface area contributed by atoms with Crippen molar-refractivity contribution < 1.29 is 14.3 Å². The lowest BCUT2D eigenvalue weighted by atomic mass is 10.0. The van der Waals surface area contributed by atoms with Crippen LogP contribution in [-0.2, 0) is 27.8 Å². The molecular formula is C27H33N3O3S. The summed E-state index contributed by atoms with van der Waals surface area (Å²) >= 11 is 1.51. The lowest BCUT2D eigenvalue weighted by molar-refractivity contribution is -0.125. The van der Waals surface area contributed by atoms with Crippen molar-refractivity contribution >= 4 is 40.2 Å². The molecule has 2 amide bonds. The molecule has 0 fully saturated rings. The van der Waals surface area contributed by atoms with Crippen LogP contribution in [0.3, 0.4) is 0 Å². The van der Waals surface area contributed by atoms with Gasteiger partial charge in [-0.05, 0) is 50.5 Å². The Morgan fingerprint density at radius 1 is 1.21 bits per heavy atom. The second-order valence-electron chi connectivity index (χ2n) is 8.84. The van der Waals surface area contributed by atoms with Gasteiger partial charge in [-0.3, -0.25) is 14.5 Å². The van der Waals surface area contributed by atoms with Crippen molar-refractivity contribution in [1.82, 2.24) is 9.88 Å². The van der Waals surface area contributed by atoms with Crippen LogP contribution in [0.5, 0.6) is 0 Å². The number of anilines is 1. The van der Waals surface area contributed by atoms with Crippen LogP contribution in [0.25, 0.3) is 10.9 Å². The van der Waals surface area contributed by atoms with Crippen LogP contribution in [0.1, 0.15) is 44.4 Å². The first-order chi connectivity index (χ1) is 16.4. The summed E-state index contributed by atoms with van der Waals surface area (Å²) in [5.41, 5.74) is 3.84. The fourth-order valence-electron chi connectivity index (χ4n) is 4.48. The van der Waals surface area contributed by atoms with E-state index >= 15 is 0 Å². The normalized spacial score (nSPS) is 16.1. The Kier molecular flexibility index (Phi) is 7.63. The Hall–Kier alpha value is -2.77. The summed E-state index contributed by atoms with van der Waals surface area (Å²) < 4.78 is 7.72. The SMILES string of the molecule is CCc1cccc(N2C(=O)CSc3c(c4ccccc4n3C)[C@H]2C(=O)NCCCOC(C)C)c1. The van der Waals surface area contributed by atoms with Crippen molar-refractivity contribution in [1.29, 1.82) is 0 Å². The molecule has 180 valence electrons. The standard InChI is InChI=1S/C27H33N3O3S/c1-5-19-10-8-11-20(16-19)30-23(31)17-34-27-24(21-12-6-7-13-22(21)29(27)4)25(30)26(32)28-14-9-15-33-18(2)3/h6-8,10-13,16,18,25H,5,9,14-15,17H2,1-4H3,(H,28,32)/t25-/m0/s1. The van der Waals surface area contributed by atoms with Crippen molar-refractivity contribution in [3.63, 3.8) is 0 Å². The Morgan fingerprint density at radius 3 is 2.76 bits per heavy atom. The van der Waals surface area contributed by atoms with E-state index in [0.717, 1.165) is 39.2 Å². The molecule has 3 aromatic rings. The zero-order valence-electron chi connectivity index (χ0n) is 20.3. The number of aromatic nitrogens is 1. The number of amides is 2. The van der Waals surface area contributed by atoms with E-state index in [1.54, 1.807) is 4.90 Å². The summed E-state index contributed by atoms with van der Waals surface area (Å²) in [6.07, 6.45) is 1.73. The monoisotopic (exact) mass is 479 g/mol. The quantitative estimate of drug-likeness (QED) is 0.469. The molecule has 0 aliphatic carbocycles. The van der Waals surface area contributed by atoms with Gasteiger partial charge in [0.25, 0.3) is 0 Å². The summed E-state index contributed by atoms with van der Waals surface area (Å²) in [6.45, 7) is 7.16. The van der Waals surface area contributed by atoms with Gasteiger partial charge in [0.15, 0.2) is 0 Å². The van der Waals surface area contributed by atoms with Gasteiger partial charge in [0.05, 0.1) is 16.9 Å². The van der Waals surface area contributed by atoms with Gasteiger partial charge < -0.3 is 14.6 Å². The van der Waals surface area contributed by atoms with Crippen molar-refractivity contribution in [3.8, 4) is 0 Å². The highest BCUT2D eigenvalue weighted by molar-refractivity contribution is 8.00. The van der Waals surface area contributed by atoms with Crippen LogP contribution >= 0.6 is 11.8 Å². The van der Waals surface area contributed by atoms with Crippen LogP contribution < -0.4 is 10.2 Å². The molecule has 0 radical (unpaired) electrons. The molecule has 2 heterocycles. The van der Waals surface area contributed by atoms with Gasteiger partial charge in [-0.15, -0.1) is 0 Å². The Bertz CT molecular complexity index is 1190. The fourth-order valence-corrected chi connectivity index (χ4v) is 5.55. The van der Waals surface area contributed by atoms with Crippen LogP contribution in [-0.4, -0.2) is 41.4 Å². The van der Waals surface area contributed by atoms with Gasteiger partial charge in [0.1, 0.15) is 6.04 Å². The van der Waals surface area contributed by atoms with Crippen molar-refractivity contribution in [2.75, 3.05) is 23.8 Å². The number of fused-ring (bicyclic) bond motifs is 3. The van der Waals surface area contributed by atoms with Crippen LogP contribution in [0.4, 0.5) is 5.69 Å². The first-order valence-corrected chi connectivity index (χ1v) is 12.9. The Labute approximate surface area is 205 Å². The molecule has 6 nitrogen and oxygen atoms in total. The third-order valence-electron chi connectivity index (χ3n) is 6.14. The lowest BCUT2D eigenvalue weighted by Gasteiger charge is -2.30. The van der Waals surface area contributed by atoms with E-state index in [-0.39, 0.29) is 23.7 Å². The summed E-state index contributed by atoms with van der Waals surface area (Å²) in [4.78, 5) is 29.0. The predicted molar refractivity (Wildman–Crippen MR) is 138 cm³/mol. The van der Waals surface area contributed by atoms with Crippen LogP contribution in [0.2, 0.25) is 0 Å². The van der Waals surface area contributed by atoms with Gasteiger partial charge in [0, 0.05) is 42.4 Å². The van der Waals surface area contributed by atoms with Crippen molar-refractivity contribution in [3.05, 3.63) is 59.7 Å². The molecule has 1 atom stereocenters. The number of carbonyl (C=O) groups is 2. The highest BCUT2D eigenvalue weighted by atomic mass is 32.2. The van der Waals surface area contributed by atoms with Crippen LogP contribution in [0, 0.1) is 0 Å². The molecule has 2 aromatic carbocycles. The fraction of sp³-hybridized carbons (Fsp3) is 0.407.